The maximum atomic E-state index is 11.8. The summed E-state index contributed by atoms with van der Waals surface area (Å²) in [6, 6.07) is 0. The summed E-state index contributed by atoms with van der Waals surface area (Å²) < 4.78 is 5.58. The van der Waals surface area contributed by atoms with Crippen LogP contribution in [0.25, 0.3) is 0 Å². The fourth-order valence-corrected chi connectivity index (χ4v) is 1.60. The Balaban J connectivity index is 2.66. The molecule has 0 aromatic heterocycles. The molecule has 0 spiro atoms. The van der Waals surface area contributed by atoms with Crippen molar-refractivity contribution in [2.45, 2.75) is 45.3 Å². The fourth-order valence-electron chi connectivity index (χ4n) is 1.60. The lowest BCUT2D eigenvalue weighted by Gasteiger charge is -2.20. The fraction of sp³-hybridized carbons (Fsp3) is 0.500. The molecule has 0 saturated heterocycles. The minimum atomic E-state index is -0.914. The first-order chi connectivity index (χ1) is 7.98. The molecule has 1 aliphatic rings. The van der Waals surface area contributed by atoms with Crippen molar-refractivity contribution < 1.29 is 14.6 Å². The minimum Gasteiger partial charge on any atom is -0.479 e. The van der Waals surface area contributed by atoms with Crippen LogP contribution < -0.4 is 0 Å². The number of hydrogen-bond acceptors (Lipinski definition) is 3. The Morgan fingerprint density at radius 3 is 2.82 bits per heavy atom. The predicted octanol–water partition coefficient (Wildman–Crippen LogP) is 2.52. The molecule has 0 amide bonds. The zero-order valence-electron chi connectivity index (χ0n) is 10.6. The Morgan fingerprint density at radius 1 is 1.53 bits per heavy atom. The summed E-state index contributed by atoms with van der Waals surface area (Å²) in [5.41, 5.74) is -0.914. The van der Waals surface area contributed by atoms with Gasteiger partial charge in [0.15, 0.2) is 5.60 Å². The van der Waals surface area contributed by atoms with Gasteiger partial charge >= 0.3 is 0 Å². The lowest BCUT2D eigenvalue weighted by atomic mass is 10.0. The number of carbonyl (C=O) groups is 1. The van der Waals surface area contributed by atoms with Crippen LogP contribution in [0.5, 0.6) is 0 Å². The van der Waals surface area contributed by atoms with Gasteiger partial charge in [0.25, 0.3) is 0 Å². The number of carbonyl (C=O) groups excluding carboxylic acids is 1. The van der Waals surface area contributed by atoms with Crippen molar-refractivity contribution in [2.24, 2.45) is 0 Å². The van der Waals surface area contributed by atoms with E-state index < -0.39 is 11.7 Å². The second-order valence-corrected chi connectivity index (χ2v) is 4.43. The molecule has 1 N–H and O–H groups in total. The molecule has 0 saturated carbocycles. The summed E-state index contributed by atoms with van der Waals surface area (Å²) in [6.45, 7) is 5.45. The van der Waals surface area contributed by atoms with Crippen LogP contribution in [0.1, 0.15) is 33.6 Å². The highest BCUT2D eigenvalue weighted by atomic mass is 16.5. The zero-order valence-corrected chi connectivity index (χ0v) is 10.6. The largest absolute Gasteiger partial charge is 0.479 e. The number of ether oxygens (including phenoxy) is 1. The summed E-state index contributed by atoms with van der Waals surface area (Å²) in [5.74, 6) is 0.478. The van der Waals surface area contributed by atoms with Crippen LogP contribution in [0, 0.1) is 0 Å². The Bertz CT molecular complexity index is 364. The molecule has 2 atom stereocenters. The van der Waals surface area contributed by atoms with E-state index in [9.17, 15) is 9.90 Å². The number of aliphatic hydroxyl groups excluding tert-OH is 1. The number of rotatable bonds is 5. The maximum Gasteiger partial charge on any atom is 0.206 e. The van der Waals surface area contributed by atoms with Gasteiger partial charge in [-0.2, -0.15) is 0 Å². The standard InChI is InChI=1S/C14H20O3/c1-4-5-6-7-8-14(3)13(16)10-12(17-14)9-11(2)15/h5-8,10-11,15H,4,9H2,1-3H3/b6-5+,8-7+. The zero-order chi connectivity index (χ0) is 12.9. The summed E-state index contributed by atoms with van der Waals surface area (Å²) in [5, 5.41) is 9.25. The van der Waals surface area contributed by atoms with Gasteiger partial charge in [-0.1, -0.05) is 25.2 Å². The van der Waals surface area contributed by atoms with Gasteiger partial charge in [0.05, 0.1) is 6.10 Å². The van der Waals surface area contributed by atoms with Crippen LogP contribution in [0.4, 0.5) is 0 Å². The average molecular weight is 236 g/mol. The van der Waals surface area contributed by atoms with E-state index in [0.717, 1.165) is 6.42 Å². The van der Waals surface area contributed by atoms with E-state index >= 15 is 0 Å². The highest BCUT2D eigenvalue weighted by Gasteiger charge is 2.37. The quantitative estimate of drug-likeness (QED) is 0.746. The third-order valence-corrected chi connectivity index (χ3v) is 2.52. The lowest BCUT2D eigenvalue weighted by Crippen LogP contribution is -2.29. The Labute approximate surface area is 102 Å². The van der Waals surface area contributed by atoms with Gasteiger partial charge in [0, 0.05) is 12.5 Å². The number of hydrogen-bond donors (Lipinski definition) is 1. The van der Waals surface area contributed by atoms with Crippen LogP contribution >= 0.6 is 0 Å². The third-order valence-electron chi connectivity index (χ3n) is 2.52. The number of allylic oxidation sites excluding steroid dienone is 3. The number of aliphatic hydroxyl groups is 1. The van der Waals surface area contributed by atoms with Gasteiger partial charge in [-0.05, 0) is 26.3 Å². The van der Waals surface area contributed by atoms with Crippen LogP contribution in [0.3, 0.4) is 0 Å². The van der Waals surface area contributed by atoms with Crippen molar-refractivity contribution in [3.8, 4) is 0 Å². The van der Waals surface area contributed by atoms with Gasteiger partial charge in [-0.25, -0.2) is 0 Å². The molecule has 3 nitrogen and oxygen atoms in total. The monoisotopic (exact) mass is 236 g/mol. The van der Waals surface area contributed by atoms with Crippen LogP contribution in [0.2, 0.25) is 0 Å². The third kappa shape index (κ3) is 3.86. The first-order valence-electron chi connectivity index (χ1n) is 5.94. The Morgan fingerprint density at radius 2 is 2.24 bits per heavy atom. The molecular weight excluding hydrogens is 216 g/mol. The second kappa shape index (κ2) is 5.82. The minimum absolute atomic E-state index is 0.0747. The Hall–Kier alpha value is -1.35. The van der Waals surface area contributed by atoms with E-state index in [1.165, 1.54) is 6.08 Å². The molecular formula is C14H20O3. The molecule has 3 heteroatoms. The summed E-state index contributed by atoms with van der Waals surface area (Å²) in [7, 11) is 0. The summed E-state index contributed by atoms with van der Waals surface area (Å²) in [6.07, 6.45) is 9.77. The molecule has 17 heavy (non-hydrogen) atoms. The van der Waals surface area contributed by atoms with Crippen molar-refractivity contribution in [3.05, 3.63) is 36.1 Å². The molecule has 1 heterocycles. The molecule has 0 radical (unpaired) electrons. The highest BCUT2D eigenvalue weighted by Crippen LogP contribution is 2.28. The first-order valence-corrected chi connectivity index (χ1v) is 5.94. The van der Waals surface area contributed by atoms with Gasteiger partial charge in [0.2, 0.25) is 5.78 Å². The van der Waals surface area contributed by atoms with Gasteiger partial charge in [-0.15, -0.1) is 0 Å². The highest BCUT2D eigenvalue weighted by molar-refractivity contribution is 6.00. The van der Waals surface area contributed by atoms with E-state index in [1.807, 2.05) is 25.2 Å². The maximum absolute atomic E-state index is 11.8. The van der Waals surface area contributed by atoms with E-state index in [-0.39, 0.29) is 5.78 Å². The van der Waals surface area contributed by atoms with E-state index in [2.05, 4.69) is 0 Å². The predicted molar refractivity (Wildman–Crippen MR) is 67.4 cm³/mol. The first kappa shape index (κ1) is 13.7. The molecule has 2 unspecified atom stereocenters. The molecule has 0 fully saturated rings. The topological polar surface area (TPSA) is 46.5 Å². The molecule has 94 valence electrons. The number of ketones is 1. The van der Waals surface area contributed by atoms with Crippen LogP contribution in [0.15, 0.2) is 36.1 Å². The van der Waals surface area contributed by atoms with Gasteiger partial charge in [-0.3, -0.25) is 4.79 Å². The molecule has 0 aromatic carbocycles. The molecule has 1 aliphatic heterocycles. The lowest BCUT2D eigenvalue weighted by molar-refractivity contribution is -0.124. The molecule has 0 aromatic rings. The van der Waals surface area contributed by atoms with Crippen molar-refractivity contribution in [1.82, 2.24) is 0 Å². The molecule has 1 rings (SSSR count). The average Bonchev–Trinajstić information content (AvgIpc) is 2.49. The smallest absolute Gasteiger partial charge is 0.206 e. The van der Waals surface area contributed by atoms with Crippen molar-refractivity contribution in [1.29, 1.82) is 0 Å². The Kier molecular flexibility index (Phi) is 4.70. The van der Waals surface area contributed by atoms with E-state index in [4.69, 9.17) is 4.74 Å². The normalized spacial score (nSPS) is 26.6. The van der Waals surface area contributed by atoms with Gasteiger partial charge < -0.3 is 9.84 Å². The molecule has 0 bridgehead atoms. The van der Waals surface area contributed by atoms with Crippen molar-refractivity contribution in [2.75, 3.05) is 0 Å². The van der Waals surface area contributed by atoms with Crippen LogP contribution in [-0.4, -0.2) is 22.6 Å². The van der Waals surface area contributed by atoms with Gasteiger partial charge in [0.1, 0.15) is 5.76 Å². The second-order valence-electron chi connectivity index (χ2n) is 4.43. The van der Waals surface area contributed by atoms with E-state index in [0.29, 0.717) is 12.2 Å². The van der Waals surface area contributed by atoms with E-state index in [1.54, 1.807) is 19.9 Å². The van der Waals surface area contributed by atoms with Crippen molar-refractivity contribution >= 4 is 5.78 Å². The SMILES string of the molecule is CC/C=C/C=C/C1(C)OC(CC(C)O)=CC1=O. The van der Waals surface area contributed by atoms with Crippen molar-refractivity contribution in [3.63, 3.8) is 0 Å². The molecule has 0 aliphatic carbocycles. The van der Waals surface area contributed by atoms with Crippen LogP contribution in [-0.2, 0) is 9.53 Å². The summed E-state index contributed by atoms with van der Waals surface area (Å²) in [4.78, 5) is 11.8. The summed E-state index contributed by atoms with van der Waals surface area (Å²) >= 11 is 0.